The third-order valence-electron chi connectivity index (χ3n) is 4.63. The van der Waals surface area contributed by atoms with E-state index >= 15 is 0 Å². The van der Waals surface area contributed by atoms with E-state index in [4.69, 9.17) is 10.00 Å². The second-order valence-corrected chi connectivity index (χ2v) is 6.42. The van der Waals surface area contributed by atoms with Crippen LogP contribution in [-0.4, -0.2) is 46.1 Å². The van der Waals surface area contributed by atoms with Crippen molar-refractivity contribution in [1.82, 2.24) is 19.2 Å². The number of nitrogens with zero attached hydrogens (tertiary/aromatic N) is 5. The molecule has 1 fully saturated rings. The Morgan fingerprint density at radius 3 is 2.78 bits per heavy atom. The minimum absolute atomic E-state index is 0.447. The summed E-state index contributed by atoms with van der Waals surface area (Å²) in [6, 6.07) is 4.20. The molecule has 3 rings (SSSR count). The molecule has 0 radical (unpaired) electrons. The Morgan fingerprint density at radius 2 is 2.17 bits per heavy atom. The zero-order chi connectivity index (χ0) is 16.4. The van der Waals surface area contributed by atoms with Crippen molar-refractivity contribution >= 4 is 0 Å². The Morgan fingerprint density at radius 1 is 1.35 bits per heavy atom. The van der Waals surface area contributed by atoms with Crippen molar-refractivity contribution in [3.05, 3.63) is 41.5 Å². The van der Waals surface area contributed by atoms with E-state index in [2.05, 4.69) is 22.3 Å². The van der Waals surface area contributed by atoms with Crippen LogP contribution < -0.4 is 0 Å². The van der Waals surface area contributed by atoms with Crippen LogP contribution in [0.1, 0.15) is 22.7 Å². The van der Waals surface area contributed by atoms with Gasteiger partial charge in [0, 0.05) is 65.1 Å². The van der Waals surface area contributed by atoms with Gasteiger partial charge in [-0.1, -0.05) is 0 Å². The number of ether oxygens (including phenoxy) is 1. The van der Waals surface area contributed by atoms with Gasteiger partial charge in [-0.3, -0.25) is 9.58 Å². The van der Waals surface area contributed by atoms with E-state index in [-0.39, 0.29) is 0 Å². The second kappa shape index (κ2) is 6.57. The van der Waals surface area contributed by atoms with E-state index in [1.807, 2.05) is 41.8 Å². The molecule has 0 unspecified atom stereocenters. The van der Waals surface area contributed by atoms with Crippen molar-refractivity contribution in [1.29, 1.82) is 5.26 Å². The van der Waals surface area contributed by atoms with Gasteiger partial charge in [0.2, 0.25) is 0 Å². The second-order valence-electron chi connectivity index (χ2n) is 6.42. The fourth-order valence-electron chi connectivity index (χ4n) is 3.57. The van der Waals surface area contributed by atoms with Crippen LogP contribution in [-0.2, 0) is 25.4 Å². The van der Waals surface area contributed by atoms with Gasteiger partial charge in [0.1, 0.15) is 11.8 Å². The lowest BCUT2D eigenvalue weighted by Crippen LogP contribution is -2.21. The molecule has 6 heteroatoms. The number of hydrogen-bond donors (Lipinski definition) is 0. The van der Waals surface area contributed by atoms with Crippen LogP contribution in [0.25, 0.3) is 0 Å². The molecule has 1 aliphatic rings. The monoisotopic (exact) mass is 313 g/mol. The molecule has 2 aromatic rings. The Balaban J connectivity index is 1.73. The van der Waals surface area contributed by atoms with Crippen molar-refractivity contribution in [3.63, 3.8) is 0 Å². The Kier molecular flexibility index (Phi) is 4.51. The molecule has 122 valence electrons. The molecule has 0 N–H and O–H groups in total. The number of likely N-dealkylation sites (tertiary alicyclic amines) is 1. The van der Waals surface area contributed by atoms with E-state index in [0.717, 1.165) is 26.2 Å². The van der Waals surface area contributed by atoms with Gasteiger partial charge in [0.15, 0.2) is 0 Å². The first-order chi connectivity index (χ1) is 11.1. The largest absolute Gasteiger partial charge is 0.384 e. The van der Waals surface area contributed by atoms with E-state index in [0.29, 0.717) is 17.5 Å². The molecular formula is C17H23N5O. The highest BCUT2D eigenvalue weighted by atomic mass is 16.5. The summed E-state index contributed by atoms with van der Waals surface area (Å²) in [6.45, 7) is 3.63. The standard InChI is InChI=1S/C17H23N5O/c1-20-7-13(4-16(20)5-18)8-22-10-15(12-23-3)17(11-22)14-6-19-21(2)9-14/h4,6-7,9,15,17H,8,10-12H2,1-3H3/t15-,17-/m0/s1. The lowest BCUT2D eigenvalue weighted by Gasteiger charge is -2.15. The first kappa shape index (κ1) is 15.8. The van der Waals surface area contributed by atoms with Crippen LogP contribution in [0.15, 0.2) is 24.7 Å². The molecule has 6 nitrogen and oxygen atoms in total. The van der Waals surface area contributed by atoms with Crippen molar-refractivity contribution in [3.8, 4) is 6.07 Å². The van der Waals surface area contributed by atoms with Crippen LogP contribution in [0.2, 0.25) is 0 Å². The van der Waals surface area contributed by atoms with Gasteiger partial charge in [-0.15, -0.1) is 0 Å². The average Bonchev–Trinajstić information content (AvgIpc) is 3.19. The number of rotatable bonds is 5. The SMILES string of the molecule is COC[C@@H]1CN(Cc2cc(C#N)n(C)c2)C[C@H]1c1cnn(C)c1. The molecule has 0 spiro atoms. The lowest BCUT2D eigenvalue weighted by molar-refractivity contribution is 0.147. The number of aromatic nitrogens is 3. The van der Waals surface area contributed by atoms with Gasteiger partial charge in [-0.25, -0.2) is 0 Å². The maximum absolute atomic E-state index is 9.09. The number of hydrogen-bond acceptors (Lipinski definition) is 4. The fourth-order valence-corrected chi connectivity index (χ4v) is 3.57. The third kappa shape index (κ3) is 3.31. The van der Waals surface area contributed by atoms with E-state index in [1.54, 1.807) is 7.11 Å². The van der Waals surface area contributed by atoms with Gasteiger partial charge >= 0.3 is 0 Å². The van der Waals surface area contributed by atoms with Gasteiger partial charge in [-0.2, -0.15) is 10.4 Å². The van der Waals surface area contributed by atoms with Gasteiger partial charge < -0.3 is 9.30 Å². The quantitative estimate of drug-likeness (QED) is 0.839. The Hall–Kier alpha value is -2.10. The number of aryl methyl sites for hydroxylation is 2. The summed E-state index contributed by atoms with van der Waals surface area (Å²) in [5.41, 5.74) is 3.17. The summed E-state index contributed by atoms with van der Waals surface area (Å²) in [5.74, 6) is 0.922. The van der Waals surface area contributed by atoms with Gasteiger partial charge in [-0.05, 0) is 17.2 Å². The highest BCUT2D eigenvalue weighted by molar-refractivity contribution is 5.28. The smallest absolute Gasteiger partial charge is 0.120 e. The third-order valence-corrected chi connectivity index (χ3v) is 4.63. The zero-order valence-corrected chi connectivity index (χ0v) is 13.9. The van der Waals surface area contributed by atoms with E-state index in [9.17, 15) is 0 Å². The maximum Gasteiger partial charge on any atom is 0.120 e. The first-order valence-electron chi connectivity index (χ1n) is 7.86. The topological polar surface area (TPSA) is 59.0 Å². The Labute approximate surface area is 136 Å². The molecule has 3 heterocycles. The minimum atomic E-state index is 0.447. The van der Waals surface area contributed by atoms with E-state index < -0.39 is 0 Å². The molecule has 23 heavy (non-hydrogen) atoms. The van der Waals surface area contributed by atoms with Crippen LogP contribution in [0, 0.1) is 17.2 Å². The van der Waals surface area contributed by atoms with Crippen molar-refractivity contribution in [2.24, 2.45) is 20.0 Å². The van der Waals surface area contributed by atoms with Crippen LogP contribution >= 0.6 is 0 Å². The normalized spacial score (nSPS) is 21.7. The molecule has 2 aromatic heterocycles. The fraction of sp³-hybridized carbons (Fsp3) is 0.529. The highest BCUT2D eigenvalue weighted by Crippen LogP contribution is 2.33. The summed E-state index contributed by atoms with van der Waals surface area (Å²) in [5, 5.41) is 13.4. The van der Waals surface area contributed by atoms with Crippen molar-refractivity contribution in [2.45, 2.75) is 12.5 Å². The number of nitriles is 1. The molecule has 0 aromatic carbocycles. The molecule has 0 amide bonds. The van der Waals surface area contributed by atoms with Crippen LogP contribution in [0.4, 0.5) is 0 Å². The first-order valence-corrected chi connectivity index (χ1v) is 7.86. The van der Waals surface area contributed by atoms with Crippen molar-refractivity contribution < 1.29 is 4.74 Å². The predicted molar refractivity (Wildman–Crippen MR) is 86.7 cm³/mol. The molecule has 0 bridgehead atoms. The van der Waals surface area contributed by atoms with Gasteiger partial charge in [0.05, 0.1) is 12.8 Å². The molecule has 2 atom stereocenters. The molecule has 0 saturated carbocycles. The average molecular weight is 313 g/mol. The van der Waals surface area contributed by atoms with Crippen molar-refractivity contribution in [2.75, 3.05) is 26.8 Å². The highest BCUT2D eigenvalue weighted by Gasteiger charge is 2.34. The zero-order valence-electron chi connectivity index (χ0n) is 13.9. The molecular weight excluding hydrogens is 290 g/mol. The lowest BCUT2D eigenvalue weighted by atomic mass is 9.92. The maximum atomic E-state index is 9.09. The predicted octanol–water partition coefficient (Wildman–Crippen LogP) is 1.49. The summed E-state index contributed by atoms with van der Waals surface area (Å²) < 4.78 is 9.17. The van der Waals surface area contributed by atoms with Gasteiger partial charge in [0.25, 0.3) is 0 Å². The molecule has 1 saturated heterocycles. The number of methoxy groups -OCH3 is 1. The minimum Gasteiger partial charge on any atom is -0.384 e. The summed E-state index contributed by atoms with van der Waals surface area (Å²) in [4.78, 5) is 2.44. The molecule has 0 aliphatic carbocycles. The Bertz CT molecular complexity index is 711. The van der Waals surface area contributed by atoms with Crippen LogP contribution in [0.3, 0.4) is 0 Å². The van der Waals surface area contributed by atoms with E-state index in [1.165, 1.54) is 11.1 Å². The summed E-state index contributed by atoms with van der Waals surface area (Å²) in [6.07, 6.45) is 6.11. The van der Waals surface area contributed by atoms with Crippen LogP contribution in [0.5, 0.6) is 0 Å². The summed E-state index contributed by atoms with van der Waals surface area (Å²) in [7, 11) is 5.63. The summed E-state index contributed by atoms with van der Waals surface area (Å²) >= 11 is 0. The molecule has 1 aliphatic heterocycles.